The predicted octanol–water partition coefficient (Wildman–Crippen LogP) is 2.49. The van der Waals surface area contributed by atoms with E-state index in [9.17, 15) is 0 Å². The highest BCUT2D eigenvalue weighted by Gasteiger charge is 2.29. The van der Waals surface area contributed by atoms with Gasteiger partial charge < -0.3 is 9.84 Å². The van der Waals surface area contributed by atoms with Gasteiger partial charge in [0.2, 0.25) is 5.89 Å². The van der Waals surface area contributed by atoms with Crippen molar-refractivity contribution in [2.75, 3.05) is 13.1 Å². The molecule has 2 aliphatic rings. The van der Waals surface area contributed by atoms with Crippen LogP contribution in [-0.4, -0.2) is 39.2 Å². The van der Waals surface area contributed by atoms with E-state index in [0.29, 0.717) is 18.5 Å². The van der Waals surface area contributed by atoms with Gasteiger partial charge in [0, 0.05) is 24.7 Å². The average Bonchev–Trinajstić information content (AvgIpc) is 3.40. The summed E-state index contributed by atoms with van der Waals surface area (Å²) in [5, 5.41) is 7.65. The van der Waals surface area contributed by atoms with Gasteiger partial charge in [-0.1, -0.05) is 11.2 Å². The molecule has 0 spiro atoms. The molecule has 1 atom stereocenters. The first-order valence-electron chi connectivity index (χ1n) is 9.05. The fourth-order valence-corrected chi connectivity index (χ4v) is 3.39. The Balaban J connectivity index is 1.49. The van der Waals surface area contributed by atoms with E-state index in [0.717, 1.165) is 43.5 Å². The van der Waals surface area contributed by atoms with E-state index in [1.807, 2.05) is 18.3 Å². The third-order valence-electron chi connectivity index (χ3n) is 4.92. The zero-order valence-electron chi connectivity index (χ0n) is 14.0. The van der Waals surface area contributed by atoms with Gasteiger partial charge in [-0.25, -0.2) is 0 Å². The minimum atomic E-state index is 0.526. The second kappa shape index (κ2) is 7.40. The standard InChI is InChI=1S/C18H25N5O/c1-2-10-20-15(4-1)12-23(16-5-3-9-19-11-8-16)13-17-21-18(22-24-17)14-6-7-14/h1-2,4,10,14,16,19H,3,5-9,11-13H2/t16-/m1/s1. The SMILES string of the molecule is c1ccc(CN(Cc2nc(C3CC3)no2)[C@@H]2CCCNCC2)nc1. The monoisotopic (exact) mass is 327 g/mol. The summed E-state index contributed by atoms with van der Waals surface area (Å²) in [5.41, 5.74) is 1.09. The fraction of sp³-hybridized carbons (Fsp3) is 0.611. The maximum atomic E-state index is 5.52. The van der Waals surface area contributed by atoms with Crippen LogP contribution in [0.4, 0.5) is 0 Å². The van der Waals surface area contributed by atoms with E-state index in [1.54, 1.807) is 0 Å². The lowest BCUT2D eigenvalue weighted by Crippen LogP contribution is -2.35. The van der Waals surface area contributed by atoms with Crippen molar-refractivity contribution in [3.05, 3.63) is 41.8 Å². The lowest BCUT2D eigenvalue weighted by atomic mass is 10.1. The molecule has 1 aliphatic heterocycles. The van der Waals surface area contributed by atoms with E-state index in [4.69, 9.17) is 4.52 Å². The second-order valence-electron chi connectivity index (χ2n) is 6.88. The summed E-state index contributed by atoms with van der Waals surface area (Å²) in [6.07, 6.45) is 7.82. The Bertz CT molecular complexity index is 632. The quantitative estimate of drug-likeness (QED) is 0.879. The molecule has 3 heterocycles. The highest BCUT2D eigenvalue weighted by atomic mass is 16.5. The molecule has 0 radical (unpaired) electrons. The van der Waals surface area contributed by atoms with Crippen molar-refractivity contribution >= 4 is 0 Å². The molecule has 128 valence electrons. The molecule has 4 rings (SSSR count). The van der Waals surface area contributed by atoms with Crippen LogP contribution in [0.2, 0.25) is 0 Å². The third kappa shape index (κ3) is 3.99. The van der Waals surface area contributed by atoms with Gasteiger partial charge in [-0.15, -0.1) is 0 Å². The number of hydrogen-bond donors (Lipinski definition) is 1. The number of rotatable bonds is 6. The maximum Gasteiger partial charge on any atom is 0.240 e. The highest BCUT2D eigenvalue weighted by molar-refractivity contribution is 5.05. The number of nitrogens with one attached hydrogen (secondary N) is 1. The largest absolute Gasteiger partial charge is 0.338 e. The van der Waals surface area contributed by atoms with Crippen LogP contribution < -0.4 is 5.32 Å². The normalized spacial score (nSPS) is 21.8. The summed E-state index contributed by atoms with van der Waals surface area (Å²) in [7, 11) is 0. The van der Waals surface area contributed by atoms with Gasteiger partial charge >= 0.3 is 0 Å². The molecule has 24 heavy (non-hydrogen) atoms. The lowest BCUT2D eigenvalue weighted by molar-refractivity contribution is 0.142. The number of pyridine rings is 1. The summed E-state index contributed by atoms with van der Waals surface area (Å²) in [6, 6.07) is 6.63. The van der Waals surface area contributed by atoms with E-state index >= 15 is 0 Å². The number of aromatic nitrogens is 3. The Kier molecular flexibility index (Phi) is 4.85. The molecule has 2 fully saturated rings. The van der Waals surface area contributed by atoms with Crippen LogP contribution in [0.25, 0.3) is 0 Å². The summed E-state index contributed by atoms with van der Waals surface area (Å²) < 4.78 is 5.52. The van der Waals surface area contributed by atoms with Crippen LogP contribution in [0.15, 0.2) is 28.9 Å². The van der Waals surface area contributed by atoms with Gasteiger partial charge in [0.25, 0.3) is 0 Å². The van der Waals surface area contributed by atoms with Crippen molar-refractivity contribution in [2.24, 2.45) is 0 Å². The van der Waals surface area contributed by atoms with Crippen LogP contribution in [0.5, 0.6) is 0 Å². The molecular weight excluding hydrogens is 302 g/mol. The van der Waals surface area contributed by atoms with E-state index in [2.05, 4.69) is 31.4 Å². The third-order valence-corrected chi connectivity index (χ3v) is 4.92. The van der Waals surface area contributed by atoms with Gasteiger partial charge in [-0.3, -0.25) is 9.88 Å². The first-order valence-corrected chi connectivity index (χ1v) is 9.05. The number of hydrogen-bond acceptors (Lipinski definition) is 6. The zero-order valence-corrected chi connectivity index (χ0v) is 14.0. The van der Waals surface area contributed by atoms with Crippen molar-refractivity contribution in [1.29, 1.82) is 0 Å². The molecule has 2 aromatic rings. The molecule has 0 amide bonds. The Morgan fingerprint density at radius 2 is 2.08 bits per heavy atom. The molecule has 1 N–H and O–H groups in total. The van der Waals surface area contributed by atoms with Crippen molar-refractivity contribution in [2.45, 2.75) is 57.2 Å². The van der Waals surface area contributed by atoms with Crippen LogP contribution in [0.1, 0.15) is 55.4 Å². The van der Waals surface area contributed by atoms with E-state index < -0.39 is 0 Å². The fourth-order valence-electron chi connectivity index (χ4n) is 3.39. The van der Waals surface area contributed by atoms with E-state index in [1.165, 1.54) is 25.7 Å². The molecule has 0 aromatic carbocycles. The first kappa shape index (κ1) is 15.7. The van der Waals surface area contributed by atoms with Crippen LogP contribution >= 0.6 is 0 Å². The maximum absolute atomic E-state index is 5.52. The summed E-state index contributed by atoms with van der Waals surface area (Å²) >= 11 is 0. The molecule has 1 aliphatic carbocycles. The highest BCUT2D eigenvalue weighted by Crippen LogP contribution is 2.38. The van der Waals surface area contributed by atoms with E-state index in [-0.39, 0.29) is 0 Å². The molecule has 1 saturated heterocycles. The van der Waals surface area contributed by atoms with Gasteiger partial charge in [0.15, 0.2) is 5.82 Å². The average molecular weight is 327 g/mol. The molecule has 1 saturated carbocycles. The van der Waals surface area contributed by atoms with Gasteiger partial charge in [-0.2, -0.15) is 4.98 Å². The van der Waals surface area contributed by atoms with Crippen molar-refractivity contribution < 1.29 is 4.52 Å². The topological polar surface area (TPSA) is 67.1 Å². The first-order chi connectivity index (χ1) is 11.9. The zero-order chi connectivity index (χ0) is 16.2. The Morgan fingerprint density at radius 3 is 2.92 bits per heavy atom. The van der Waals surface area contributed by atoms with Gasteiger partial charge in [0.1, 0.15) is 0 Å². The van der Waals surface area contributed by atoms with Crippen LogP contribution in [0, 0.1) is 0 Å². The predicted molar refractivity (Wildman–Crippen MR) is 90.3 cm³/mol. The Hall–Kier alpha value is -1.79. The minimum absolute atomic E-state index is 0.526. The molecule has 2 aromatic heterocycles. The molecule has 6 nitrogen and oxygen atoms in total. The van der Waals surface area contributed by atoms with Crippen molar-refractivity contribution in [1.82, 2.24) is 25.3 Å². The second-order valence-corrected chi connectivity index (χ2v) is 6.88. The smallest absolute Gasteiger partial charge is 0.240 e. The lowest BCUT2D eigenvalue weighted by Gasteiger charge is -2.29. The van der Waals surface area contributed by atoms with Crippen molar-refractivity contribution in [3.63, 3.8) is 0 Å². The Morgan fingerprint density at radius 1 is 1.12 bits per heavy atom. The minimum Gasteiger partial charge on any atom is -0.338 e. The molecule has 6 heteroatoms. The van der Waals surface area contributed by atoms with Crippen molar-refractivity contribution in [3.8, 4) is 0 Å². The van der Waals surface area contributed by atoms with Crippen LogP contribution in [0.3, 0.4) is 0 Å². The molecular formula is C18H25N5O. The van der Waals surface area contributed by atoms with Gasteiger partial charge in [0.05, 0.1) is 12.2 Å². The summed E-state index contributed by atoms with van der Waals surface area (Å²) in [6.45, 7) is 3.72. The van der Waals surface area contributed by atoms with Gasteiger partial charge in [-0.05, 0) is 57.3 Å². The molecule has 0 unspecified atom stereocenters. The summed E-state index contributed by atoms with van der Waals surface area (Å²) in [5.74, 6) is 2.17. The Labute approximate surface area is 142 Å². The number of nitrogens with zero attached hydrogens (tertiary/aromatic N) is 4. The van der Waals surface area contributed by atoms with Crippen LogP contribution in [-0.2, 0) is 13.1 Å². The summed E-state index contributed by atoms with van der Waals surface area (Å²) in [4.78, 5) is 11.6. The molecule has 0 bridgehead atoms.